The minimum absolute atomic E-state index is 0.0262. The SMILES string of the molecule is Cc1nc(-c2ccc3c(c2)CCN3C(=O)CCn2cnc3sccc3c2=O)cs1. The molecule has 0 aliphatic carbocycles. The van der Waals surface area contributed by atoms with Crippen LogP contribution in [0.1, 0.15) is 17.0 Å². The van der Waals surface area contributed by atoms with Crippen molar-refractivity contribution in [2.75, 3.05) is 11.4 Å². The van der Waals surface area contributed by atoms with Crippen molar-refractivity contribution in [3.05, 3.63) is 62.3 Å². The van der Waals surface area contributed by atoms with Crippen LogP contribution in [0.2, 0.25) is 0 Å². The fourth-order valence-corrected chi connectivity index (χ4v) is 5.07. The predicted molar refractivity (Wildman–Crippen MR) is 117 cm³/mol. The second kappa shape index (κ2) is 7.20. The van der Waals surface area contributed by atoms with Crippen LogP contribution < -0.4 is 10.5 Å². The molecule has 4 heterocycles. The Bertz CT molecular complexity index is 1290. The van der Waals surface area contributed by atoms with Gasteiger partial charge in [0.2, 0.25) is 5.91 Å². The lowest BCUT2D eigenvalue weighted by atomic mass is 10.1. The molecule has 1 aliphatic heterocycles. The number of rotatable bonds is 4. The monoisotopic (exact) mass is 422 g/mol. The summed E-state index contributed by atoms with van der Waals surface area (Å²) in [5.41, 5.74) is 4.11. The molecule has 5 rings (SSSR count). The van der Waals surface area contributed by atoms with Crippen molar-refractivity contribution in [3.8, 4) is 11.3 Å². The Kier molecular flexibility index (Phi) is 4.52. The predicted octanol–water partition coefficient (Wildman–Crippen LogP) is 3.87. The highest BCUT2D eigenvalue weighted by molar-refractivity contribution is 7.16. The molecule has 0 radical (unpaired) electrons. The maximum atomic E-state index is 12.8. The molecule has 1 aliphatic rings. The number of nitrogens with zero attached hydrogens (tertiary/aromatic N) is 4. The summed E-state index contributed by atoms with van der Waals surface area (Å²) in [6.07, 6.45) is 2.64. The maximum Gasteiger partial charge on any atom is 0.262 e. The highest BCUT2D eigenvalue weighted by Crippen LogP contribution is 2.33. The van der Waals surface area contributed by atoms with Gasteiger partial charge in [-0.15, -0.1) is 22.7 Å². The number of carbonyl (C=O) groups is 1. The van der Waals surface area contributed by atoms with E-state index in [2.05, 4.69) is 21.4 Å². The van der Waals surface area contributed by atoms with Crippen molar-refractivity contribution in [2.24, 2.45) is 0 Å². The fraction of sp³-hybridized carbons (Fsp3) is 0.238. The number of fused-ring (bicyclic) bond motifs is 2. The van der Waals surface area contributed by atoms with Gasteiger partial charge >= 0.3 is 0 Å². The topological polar surface area (TPSA) is 68.1 Å². The summed E-state index contributed by atoms with van der Waals surface area (Å²) in [5.74, 6) is 0.0262. The van der Waals surface area contributed by atoms with Crippen LogP contribution >= 0.6 is 22.7 Å². The summed E-state index contributed by atoms with van der Waals surface area (Å²) < 4.78 is 1.53. The van der Waals surface area contributed by atoms with E-state index < -0.39 is 0 Å². The lowest BCUT2D eigenvalue weighted by Crippen LogP contribution is -2.31. The molecule has 0 saturated carbocycles. The van der Waals surface area contributed by atoms with E-state index in [-0.39, 0.29) is 17.9 Å². The number of hydrogen-bond donors (Lipinski definition) is 0. The van der Waals surface area contributed by atoms with Crippen molar-refractivity contribution in [1.82, 2.24) is 14.5 Å². The Morgan fingerprint density at radius 3 is 2.97 bits per heavy atom. The van der Waals surface area contributed by atoms with E-state index in [1.54, 1.807) is 17.4 Å². The van der Waals surface area contributed by atoms with Crippen LogP contribution in [-0.2, 0) is 17.8 Å². The first kappa shape index (κ1) is 18.2. The van der Waals surface area contributed by atoms with Crippen LogP contribution in [0.5, 0.6) is 0 Å². The number of aromatic nitrogens is 3. The molecule has 0 spiro atoms. The highest BCUT2D eigenvalue weighted by atomic mass is 32.1. The van der Waals surface area contributed by atoms with E-state index >= 15 is 0 Å². The van der Waals surface area contributed by atoms with Gasteiger partial charge in [-0.25, -0.2) is 9.97 Å². The molecular formula is C21H18N4O2S2. The van der Waals surface area contributed by atoms with Crippen LogP contribution in [0.15, 0.2) is 46.1 Å². The smallest absolute Gasteiger partial charge is 0.262 e. The number of hydrogen-bond acceptors (Lipinski definition) is 6. The molecule has 29 heavy (non-hydrogen) atoms. The van der Waals surface area contributed by atoms with Crippen molar-refractivity contribution in [1.29, 1.82) is 0 Å². The third-order valence-corrected chi connectivity index (χ3v) is 6.80. The number of amides is 1. The van der Waals surface area contributed by atoms with Crippen LogP contribution in [0, 0.1) is 6.92 Å². The quantitative estimate of drug-likeness (QED) is 0.501. The Labute approximate surface area is 175 Å². The maximum absolute atomic E-state index is 12.8. The molecule has 8 heteroatoms. The van der Waals surface area contributed by atoms with Gasteiger partial charge < -0.3 is 4.90 Å². The first-order valence-corrected chi connectivity index (χ1v) is 11.1. The van der Waals surface area contributed by atoms with E-state index in [0.717, 1.165) is 33.2 Å². The van der Waals surface area contributed by atoms with Gasteiger partial charge in [0.05, 0.1) is 22.4 Å². The zero-order chi connectivity index (χ0) is 20.0. The zero-order valence-electron chi connectivity index (χ0n) is 15.8. The van der Waals surface area contributed by atoms with Gasteiger partial charge in [0.15, 0.2) is 0 Å². The molecule has 1 aromatic carbocycles. The van der Waals surface area contributed by atoms with Crippen molar-refractivity contribution < 1.29 is 4.79 Å². The van der Waals surface area contributed by atoms with Gasteiger partial charge in [0, 0.05) is 36.1 Å². The van der Waals surface area contributed by atoms with Crippen LogP contribution in [0.3, 0.4) is 0 Å². The van der Waals surface area contributed by atoms with Gasteiger partial charge in [-0.2, -0.15) is 0 Å². The van der Waals surface area contributed by atoms with E-state index in [1.165, 1.54) is 27.8 Å². The lowest BCUT2D eigenvalue weighted by Gasteiger charge is -2.18. The molecule has 0 fully saturated rings. The summed E-state index contributed by atoms with van der Waals surface area (Å²) in [6, 6.07) is 7.95. The average molecular weight is 423 g/mol. The molecular weight excluding hydrogens is 404 g/mol. The Balaban J connectivity index is 1.33. The molecule has 1 amide bonds. The second-order valence-corrected chi connectivity index (χ2v) is 8.98. The normalized spacial score (nSPS) is 13.2. The number of thiazole rings is 1. The van der Waals surface area contributed by atoms with Crippen LogP contribution in [0.4, 0.5) is 5.69 Å². The van der Waals surface area contributed by atoms with Crippen LogP contribution in [-0.4, -0.2) is 27.0 Å². The van der Waals surface area contributed by atoms with Crippen LogP contribution in [0.25, 0.3) is 21.5 Å². The number of carbonyl (C=O) groups excluding carboxylic acids is 1. The zero-order valence-corrected chi connectivity index (χ0v) is 17.4. The third kappa shape index (κ3) is 3.28. The van der Waals surface area contributed by atoms with Gasteiger partial charge in [0.25, 0.3) is 5.56 Å². The second-order valence-electron chi connectivity index (χ2n) is 7.02. The van der Waals surface area contributed by atoms with E-state index in [0.29, 0.717) is 18.5 Å². The summed E-state index contributed by atoms with van der Waals surface area (Å²) in [6.45, 7) is 3.00. The fourth-order valence-electron chi connectivity index (χ4n) is 3.72. The summed E-state index contributed by atoms with van der Waals surface area (Å²) in [7, 11) is 0. The van der Waals surface area contributed by atoms with E-state index in [9.17, 15) is 9.59 Å². The highest BCUT2D eigenvalue weighted by Gasteiger charge is 2.25. The van der Waals surface area contributed by atoms with Crippen molar-refractivity contribution in [2.45, 2.75) is 26.3 Å². The van der Waals surface area contributed by atoms with Gasteiger partial charge in [-0.3, -0.25) is 14.2 Å². The molecule has 0 unspecified atom stereocenters. The molecule has 0 atom stereocenters. The van der Waals surface area contributed by atoms with E-state index in [1.807, 2.05) is 29.3 Å². The molecule has 0 N–H and O–H groups in total. The molecule has 4 aromatic rings. The molecule has 6 nitrogen and oxygen atoms in total. The largest absolute Gasteiger partial charge is 0.312 e. The summed E-state index contributed by atoms with van der Waals surface area (Å²) in [5, 5.41) is 5.58. The van der Waals surface area contributed by atoms with Gasteiger partial charge in [0.1, 0.15) is 4.83 Å². The minimum atomic E-state index is -0.0888. The number of anilines is 1. The number of benzene rings is 1. The average Bonchev–Trinajstić information content (AvgIpc) is 3.46. The van der Waals surface area contributed by atoms with Crippen molar-refractivity contribution >= 4 is 44.5 Å². The molecule has 3 aromatic heterocycles. The number of thiophene rings is 1. The molecule has 146 valence electrons. The van der Waals surface area contributed by atoms with Crippen molar-refractivity contribution in [3.63, 3.8) is 0 Å². The molecule has 0 bridgehead atoms. The summed E-state index contributed by atoms with van der Waals surface area (Å²) >= 11 is 3.08. The first-order chi connectivity index (χ1) is 14.1. The third-order valence-electron chi connectivity index (χ3n) is 5.21. The Morgan fingerprint density at radius 1 is 1.24 bits per heavy atom. The molecule has 0 saturated heterocycles. The Hall–Kier alpha value is -2.84. The van der Waals surface area contributed by atoms with E-state index in [4.69, 9.17) is 0 Å². The first-order valence-electron chi connectivity index (χ1n) is 9.38. The standard InChI is InChI=1S/C21H18N4O2S2/c1-13-23-17(11-29-13)14-2-3-18-15(10-14)4-8-25(18)19(26)5-7-24-12-22-20-16(21(24)27)6-9-28-20/h2-3,6,9-12H,4-5,7-8H2,1H3. The number of aryl methyl sites for hydroxylation is 2. The summed E-state index contributed by atoms with van der Waals surface area (Å²) in [4.78, 5) is 36.8. The lowest BCUT2D eigenvalue weighted by molar-refractivity contribution is -0.118. The Morgan fingerprint density at radius 2 is 2.14 bits per heavy atom. The van der Waals surface area contributed by atoms with Gasteiger partial charge in [-0.05, 0) is 42.5 Å². The minimum Gasteiger partial charge on any atom is -0.312 e. The van der Waals surface area contributed by atoms with Gasteiger partial charge in [-0.1, -0.05) is 6.07 Å².